The Morgan fingerprint density at radius 1 is 1.42 bits per heavy atom. The molecule has 1 atom stereocenters. The van der Waals surface area contributed by atoms with E-state index in [2.05, 4.69) is 5.92 Å². The van der Waals surface area contributed by atoms with Gasteiger partial charge in [-0.1, -0.05) is 25.2 Å². The van der Waals surface area contributed by atoms with Gasteiger partial charge in [-0.05, 0) is 25.7 Å². The first-order chi connectivity index (χ1) is 9.15. The van der Waals surface area contributed by atoms with Gasteiger partial charge in [-0.15, -0.1) is 6.42 Å². The molecule has 0 aromatic rings. The number of ether oxygens (including phenoxy) is 1. The van der Waals surface area contributed by atoms with Crippen molar-refractivity contribution in [2.45, 2.75) is 56.6 Å². The molecule has 2 aliphatic rings. The molecule has 1 N–H and O–H groups in total. The zero-order valence-electron chi connectivity index (χ0n) is 11.4. The second-order valence-corrected chi connectivity index (χ2v) is 5.74. The number of hydrogen-bond donors (Lipinski definition) is 1. The number of rotatable bonds is 4. The van der Waals surface area contributed by atoms with E-state index < -0.39 is 5.97 Å². The van der Waals surface area contributed by atoms with E-state index in [0.29, 0.717) is 6.54 Å². The van der Waals surface area contributed by atoms with Gasteiger partial charge in [0.05, 0.1) is 18.7 Å². The summed E-state index contributed by atoms with van der Waals surface area (Å²) >= 11 is 0. The van der Waals surface area contributed by atoms with E-state index >= 15 is 0 Å². The smallest absolute Gasteiger partial charge is 0.317 e. The Morgan fingerprint density at radius 2 is 2.16 bits per heavy atom. The molecule has 2 fully saturated rings. The number of carbonyl (C=O) groups is 1. The van der Waals surface area contributed by atoms with Crippen LogP contribution in [0.3, 0.4) is 0 Å². The van der Waals surface area contributed by atoms with Crippen molar-refractivity contribution < 1.29 is 14.6 Å². The minimum atomic E-state index is -0.806. The highest BCUT2D eigenvalue weighted by Gasteiger charge is 2.40. The molecule has 4 nitrogen and oxygen atoms in total. The molecule has 0 aromatic carbocycles. The minimum Gasteiger partial charge on any atom is -0.480 e. The molecule has 1 spiro atoms. The highest BCUT2D eigenvalue weighted by molar-refractivity contribution is 5.69. The Kier molecular flexibility index (Phi) is 4.84. The third kappa shape index (κ3) is 3.71. The van der Waals surface area contributed by atoms with Crippen LogP contribution in [0.5, 0.6) is 0 Å². The topological polar surface area (TPSA) is 49.8 Å². The molecule has 1 aliphatic carbocycles. The standard InChI is InChI=1S/C15H23NO3/c1-2-9-16(12-14(17)18)13-6-10-19-15(11-13)7-4-3-5-8-15/h1,13H,3-12H2,(H,17,18). The molecule has 4 heteroatoms. The van der Waals surface area contributed by atoms with E-state index in [0.717, 1.165) is 32.3 Å². The fourth-order valence-electron chi connectivity index (χ4n) is 3.46. The lowest BCUT2D eigenvalue weighted by molar-refractivity contribution is -0.144. The van der Waals surface area contributed by atoms with Crippen molar-refractivity contribution in [2.75, 3.05) is 19.7 Å². The summed E-state index contributed by atoms with van der Waals surface area (Å²) in [5.74, 6) is 1.78. The molecule has 1 heterocycles. The monoisotopic (exact) mass is 265 g/mol. The summed E-state index contributed by atoms with van der Waals surface area (Å²) in [6.45, 7) is 1.17. The zero-order valence-corrected chi connectivity index (χ0v) is 11.4. The van der Waals surface area contributed by atoms with Gasteiger partial charge in [0.1, 0.15) is 0 Å². The number of carboxylic acids is 1. The normalized spacial score (nSPS) is 26.2. The van der Waals surface area contributed by atoms with Crippen LogP contribution in [0.15, 0.2) is 0 Å². The summed E-state index contributed by atoms with van der Waals surface area (Å²) in [6, 6.07) is 0.249. The average molecular weight is 265 g/mol. The maximum absolute atomic E-state index is 11.0. The quantitative estimate of drug-likeness (QED) is 0.789. The van der Waals surface area contributed by atoms with Gasteiger partial charge in [-0.3, -0.25) is 9.69 Å². The van der Waals surface area contributed by atoms with Gasteiger partial charge in [0.15, 0.2) is 0 Å². The van der Waals surface area contributed by atoms with Crippen LogP contribution in [0.25, 0.3) is 0 Å². The van der Waals surface area contributed by atoms with Gasteiger partial charge in [0.25, 0.3) is 0 Å². The Morgan fingerprint density at radius 3 is 2.79 bits per heavy atom. The van der Waals surface area contributed by atoms with Crippen LogP contribution in [-0.4, -0.2) is 47.3 Å². The first kappa shape index (κ1) is 14.4. The van der Waals surface area contributed by atoms with Crippen LogP contribution in [0.4, 0.5) is 0 Å². The molecule has 1 aliphatic heterocycles. The van der Waals surface area contributed by atoms with Crippen molar-refractivity contribution in [3.8, 4) is 12.3 Å². The van der Waals surface area contributed by atoms with Crippen LogP contribution in [0, 0.1) is 12.3 Å². The number of nitrogens with zero attached hydrogens (tertiary/aromatic N) is 1. The van der Waals surface area contributed by atoms with Crippen molar-refractivity contribution in [3.63, 3.8) is 0 Å². The third-order valence-electron chi connectivity index (χ3n) is 4.38. The summed E-state index contributed by atoms with van der Waals surface area (Å²) < 4.78 is 6.04. The van der Waals surface area contributed by atoms with Crippen molar-refractivity contribution in [1.82, 2.24) is 4.90 Å². The first-order valence-electron chi connectivity index (χ1n) is 7.18. The lowest BCUT2D eigenvalue weighted by Gasteiger charge is -2.46. The maximum atomic E-state index is 11.0. The number of hydrogen-bond acceptors (Lipinski definition) is 3. The molecule has 1 unspecified atom stereocenters. The van der Waals surface area contributed by atoms with E-state index in [-0.39, 0.29) is 18.2 Å². The molecular weight excluding hydrogens is 242 g/mol. The van der Waals surface area contributed by atoms with Crippen molar-refractivity contribution in [3.05, 3.63) is 0 Å². The van der Waals surface area contributed by atoms with Crippen LogP contribution in [-0.2, 0) is 9.53 Å². The van der Waals surface area contributed by atoms with E-state index in [1.807, 2.05) is 4.90 Å². The van der Waals surface area contributed by atoms with Gasteiger partial charge in [0.2, 0.25) is 0 Å². The lowest BCUT2D eigenvalue weighted by atomic mass is 9.78. The summed E-state index contributed by atoms with van der Waals surface area (Å²) in [4.78, 5) is 12.9. The fraction of sp³-hybridized carbons (Fsp3) is 0.800. The van der Waals surface area contributed by atoms with Crippen molar-refractivity contribution in [2.24, 2.45) is 0 Å². The summed E-state index contributed by atoms with van der Waals surface area (Å²) in [7, 11) is 0. The Hall–Kier alpha value is -1.05. The zero-order chi connectivity index (χ0) is 13.7. The molecule has 2 rings (SSSR count). The first-order valence-corrected chi connectivity index (χ1v) is 7.18. The summed E-state index contributed by atoms with van der Waals surface area (Å²) in [5.41, 5.74) is -0.00742. The Labute approximate surface area is 115 Å². The fourth-order valence-corrected chi connectivity index (χ4v) is 3.46. The van der Waals surface area contributed by atoms with Gasteiger partial charge in [-0.25, -0.2) is 0 Å². The second-order valence-electron chi connectivity index (χ2n) is 5.74. The Bertz CT molecular complexity index is 349. The number of aliphatic carboxylic acids is 1. The molecule has 1 saturated carbocycles. The van der Waals surface area contributed by atoms with Gasteiger partial charge in [-0.2, -0.15) is 0 Å². The minimum absolute atomic E-state index is 0.00742. The van der Waals surface area contributed by atoms with Crippen LogP contribution in [0.2, 0.25) is 0 Å². The second kappa shape index (κ2) is 6.40. The molecule has 1 saturated heterocycles. The lowest BCUT2D eigenvalue weighted by Crippen LogP contribution is -2.50. The van der Waals surface area contributed by atoms with E-state index in [4.69, 9.17) is 16.3 Å². The molecule has 0 bridgehead atoms. The molecule has 0 amide bonds. The van der Waals surface area contributed by atoms with Crippen LogP contribution in [0.1, 0.15) is 44.9 Å². The molecule has 0 aromatic heterocycles. The predicted molar refractivity (Wildman–Crippen MR) is 72.8 cm³/mol. The predicted octanol–water partition coefficient (Wildman–Crippen LogP) is 1.89. The number of carboxylic acid groups (broad SMARTS) is 1. The van der Waals surface area contributed by atoms with Crippen molar-refractivity contribution in [1.29, 1.82) is 0 Å². The maximum Gasteiger partial charge on any atom is 0.317 e. The number of terminal acetylenes is 1. The van der Waals surface area contributed by atoms with E-state index in [1.54, 1.807) is 0 Å². The van der Waals surface area contributed by atoms with Crippen molar-refractivity contribution >= 4 is 5.97 Å². The SMILES string of the molecule is C#CCN(CC(=O)O)C1CCOC2(CCCCC2)C1. The summed E-state index contributed by atoms with van der Waals surface area (Å²) in [5, 5.41) is 9.00. The molecule has 106 valence electrons. The van der Waals surface area contributed by atoms with E-state index in [1.165, 1.54) is 19.3 Å². The van der Waals surface area contributed by atoms with Crippen LogP contribution < -0.4 is 0 Å². The van der Waals surface area contributed by atoms with E-state index in [9.17, 15) is 4.79 Å². The van der Waals surface area contributed by atoms with Gasteiger partial charge < -0.3 is 9.84 Å². The highest BCUT2D eigenvalue weighted by Crippen LogP contribution is 2.39. The largest absolute Gasteiger partial charge is 0.480 e. The highest BCUT2D eigenvalue weighted by atomic mass is 16.5. The third-order valence-corrected chi connectivity index (χ3v) is 4.38. The van der Waals surface area contributed by atoms with Gasteiger partial charge in [0, 0.05) is 12.6 Å². The Balaban J connectivity index is 2.01. The van der Waals surface area contributed by atoms with Crippen LogP contribution >= 0.6 is 0 Å². The summed E-state index contributed by atoms with van der Waals surface area (Å²) in [6.07, 6.45) is 13.1. The molecule has 0 radical (unpaired) electrons. The average Bonchev–Trinajstić information content (AvgIpc) is 2.39. The van der Waals surface area contributed by atoms with Gasteiger partial charge >= 0.3 is 5.97 Å². The molecule has 19 heavy (non-hydrogen) atoms. The molecular formula is C15H23NO3.